The monoisotopic (exact) mass is 268 g/mol. The molecule has 1 aliphatic heterocycles. The van der Waals surface area contributed by atoms with Crippen LogP contribution in [0.2, 0.25) is 0 Å². The second kappa shape index (κ2) is 4.61. The average molecular weight is 268 g/mol. The Kier molecular flexibility index (Phi) is 3.30. The Labute approximate surface area is 107 Å². The molecule has 1 saturated heterocycles. The number of carbonyl (C=O) groups excluding carboxylic acids is 1. The second-order valence-corrected chi connectivity index (χ2v) is 6.79. The van der Waals surface area contributed by atoms with Crippen LogP contribution in [0.25, 0.3) is 0 Å². The molecule has 0 aromatic heterocycles. The third kappa shape index (κ3) is 2.48. The summed E-state index contributed by atoms with van der Waals surface area (Å²) in [6.45, 7) is 0. The van der Waals surface area contributed by atoms with E-state index in [0.717, 1.165) is 0 Å². The van der Waals surface area contributed by atoms with Crippen molar-refractivity contribution in [3.63, 3.8) is 0 Å². The summed E-state index contributed by atoms with van der Waals surface area (Å²) < 4.78 is 22.8. The minimum Gasteiger partial charge on any atom is -0.398 e. The molecule has 0 saturated carbocycles. The number of rotatable bonds is 2. The van der Waals surface area contributed by atoms with Crippen LogP contribution in [-0.2, 0) is 9.84 Å². The van der Waals surface area contributed by atoms with Gasteiger partial charge in [-0.2, -0.15) is 0 Å². The minimum atomic E-state index is -2.99. The summed E-state index contributed by atoms with van der Waals surface area (Å²) in [5.74, 6) is -0.0307. The zero-order valence-corrected chi connectivity index (χ0v) is 11.0. The molecule has 6 heteroatoms. The Morgan fingerprint density at radius 2 is 2.06 bits per heavy atom. The topological polar surface area (TPSA) is 80.5 Å². The van der Waals surface area contributed by atoms with Crippen molar-refractivity contribution in [2.24, 2.45) is 0 Å². The maximum Gasteiger partial charge on any atom is 0.255 e. The number of hydrogen-bond donors (Lipinski definition) is 1. The summed E-state index contributed by atoms with van der Waals surface area (Å²) in [4.78, 5) is 13.7. The summed E-state index contributed by atoms with van der Waals surface area (Å²) in [5, 5.41) is 0. The first-order chi connectivity index (χ1) is 8.41. The fourth-order valence-electron chi connectivity index (χ4n) is 2.13. The van der Waals surface area contributed by atoms with Gasteiger partial charge in [0.15, 0.2) is 9.84 Å². The van der Waals surface area contributed by atoms with Gasteiger partial charge in [0, 0.05) is 18.8 Å². The molecule has 0 aliphatic carbocycles. The molecular weight excluding hydrogens is 252 g/mol. The van der Waals surface area contributed by atoms with Crippen LogP contribution in [-0.4, -0.2) is 43.8 Å². The molecule has 1 aromatic rings. The molecule has 1 amide bonds. The van der Waals surface area contributed by atoms with Gasteiger partial charge in [-0.3, -0.25) is 4.79 Å². The lowest BCUT2D eigenvalue weighted by atomic mass is 10.1. The molecule has 2 N–H and O–H groups in total. The van der Waals surface area contributed by atoms with Gasteiger partial charge in [-0.1, -0.05) is 12.1 Å². The first-order valence-electron chi connectivity index (χ1n) is 5.73. The number of anilines is 1. The van der Waals surface area contributed by atoms with Gasteiger partial charge in [0.2, 0.25) is 0 Å². The quantitative estimate of drug-likeness (QED) is 0.793. The van der Waals surface area contributed by atoms with E-state index in [0.29, 0.717) is 17.7 Å². The second-order valence-electron chi connectivity index (χ2n) is 4.56. The molecule has 0 radical (unpaired) electrons. The van der Waals surface area contributed by atoms with E-state index in [-0.39, 0.29) is 23.5 Å². The zero-order valence-electron chi connectivity index (χ0n) is 10.2. The van der Waals surface area contributed by atoms with Crippen LogP contribution in [0, 0.1) is 0 Å². The Bertz CT molecular complexity index is 568. The maximum atomic E-state index is 12.2. The Balaban J connectivity index is 2.18. The summed E-state index contributed by atoms with van der Waals surface area (Å²) in [7, 11) is -1.37. The lowest BCUT2D eigenvalue weighted by Gasteiger charge is -2.24. The van der Waals surface area contributed by atoms with Crippen LogP contribution in [0.1, 0.15) is 16.8 Å². The van der Waals surface area contributed by atoms with Crippen molar-refractivity contribution in [3.8, 4) is 0 Å². The van der Waals surface area contributed by atoms with Crippen molar-refractivity contribution in [3.05, 3.63) is 29.8 Å². The van der Waals surface area contributed by atoms with E-state index >= 15 is 0 Å². The van der Waals surface area contributed by atoms with Crippen LogP contribution in [0.4, 0.5) is 5.69 Å². The molecule has 1 unspecified atom stereocenters. The molecular formula is C12H16N2O3S. The summed E-state index contributed by atoms with van der Waals surface area (Å²) >= 11 is 0. The molecule has 18 heavy (non-hydrogen) atoms. The van der Waals surface area contributed by atoms with Gasteiger partial charge in [-0.15, -0.1) is 0 Å². The van der Waals surface area contributed by atoms with Gasteiger partial charge >= 0.3 is 0 Å². The number of nitrogens with zero attached hydrogens (tertiary/aromatic N) is 1. The van der Waals surface area contributed by atoms with Crippen LogP contribution >= 0.6 is 0 Å². The van der Waals surface area contributed by atoms with E-state index in [1.807, 2.05) is 0 Å². The predicted molar refractivity (Wildman–Crippen MR) is 70.0 cm³/mol. The van der Waals surface area contributed by atoms with Crippen molar-refractivity contribution >= 4 is 21.4 Å². The standard InChI is InChI=1S/C12H16N2O3S/c1-14(9-6-7-18(16,17)8-9)12(15)10-4-2-3-5-11(10)13/h2-5,9H,6-8,13H2,1H3. The normalized spacial score (nSPS) is 21.7. The van der Waals surface area contributed by atoms with E-state index in [1.54, 1.807) is 31.3 Å². The highest BCUT2D eigenvalue weighted by Crippen LogP contribution is 2.20. The molecule has 2 rings (SSSR count). The predicted octanol–water partition coefficient (Wildman–Crippen LogP) is 0.528. The first kappa shape index (κ1) is 12.9. The smallest absolute Gasteiger partial charge is 0.255 e. The summed E-state index contributed by atoms with van der Waals surface area (Å²) in [6, 6.07) is 6.56. The van der Waals surface area contributed by atoms with Crippen LogP contribution < -0.4 is 5.73 Å². The van der Waals surface area contributed by atoms with Gasteiger partial charge < -0.3 is 10.6 Å². The van der Waals surface area contributed by atoms with E-state index in [4.69, 9.17) is 5.73 Å². The van der Waals surface area contributed by atoms with Crippen LogP contribution in [0.3, 0.4) is 0 Å². The average Bonchev–Trinajstić information content (AvgIpc) is 2.68. The Morgan fingerprint density at radius 1 is 1.39 bits per heavy atom. The molecule has 1 atom stereocenters. The van der Waals surface area contributed by atoms with E-state index in [9.17, 15) is 13.2 Å². The van der Waals surface area contributed by atoms with Crippen molar-refractivity contribution in [1.82, 2.24) is 4.90 Å². The van der Waals surface area contributed by atoms with Gasteiger partial charge in [0.25, 0.3) is 5.91 Å². The Morgan fingerprint density at radius 3 is 2.61 bits per heavy atom. The molecule has 1 heterocycles. The lowest BCUT2D eigenvalue weighted by molar-refractivity contribution is 0.0749. The number of benzene rings is 1. The molecule has 0 bridgehead atoms. The highest BCUT2D eigenvalue weighted by molar-refractivity contribution is 7.91. The minimum absolute atomic E-state index is 0.0436. The number of nitrogen functional groups attached to an aromatic ring is 1. The third-order valence-corrected chi connectivity index (χ3v) is 5.02. The van der Waals surface area contributed by atoms with Gasteiger partial charge in [0.05, 0.1) is 17.1 Å². The molecule has 1 aromatic carbocycles. The molecule has 1 fully saturated rings. The third-order valence-electron chi connectivity index (χ3n) is 3.27. The van der Waals surface area contributed by atoms with Gasteiger partial charge in [-0.25, -0.2) is 8.42 Å². The van der Waals surface area contributed by atoms with E-state index in [1.165, 1.54) is 4.90 Å². The van der Waals surface area contributed by atoms with Crippen molar-refractivity contribution < 1.29 is 13.2 Å². The number of sulfone groups is 1. The molecule has 98 valence electrons. The van der Waals surface area contributed by atoms with Crippen molar-refractivity contribution in [2.75, 3.05) is 24.3 Å². The fourth-order valence-corrected chi connectivity index (χ4v) is 3.90. The zero-order chi connectivity index (χ0) is 13.3. The molecule has 0 spiro atoms. The largest absolute Gasteiger partial charge is 0.398 e. The highest BCUT2D eigenvalue weighted by atomic mass is 32.2. The number of nitrogens with two attached hydrogens (primary N) is 1. The Hall–Kier alpha value is -1.56. The van der Waals surface area contributed by atoms with Crippen molar-refractivity contribution in [2.45, 2.75) is 12.5 Å². The number of amides is 1. The lowest BCUT2D eigenvalue weighted by Crippen LogP contribution is -2.38. The number of carbonyl (C=O) groups is 1. The summed E-state index contributed by atoms with van der Waals surface area (Å²) in [6.07, 6.45) is 0.497. The highest BCUT2D eigenvalue weighted by Gasteiger charge is 2.33. The van der Waals surface area contributed by atoms with Crippen molar-refractivity contribution in [1.29, 1.82) is 0 Å². The first-order valence-corrected chi connectivity index (χ1v) is 7.55. The SMILES string of the molecule is CN(C(=O)c1ccccc1N)C1CCS(=O)(=O)C1. The van der Waals surface area contributed by atoms with Crippen LogP contribution in [0.15, 0.2) is 24.3 Å². The molecule has 1 aliphatic rings. The van der Waals surface area contributed by atoms with Crippen LogP contribution in [0.5, 0.6) is 0 Å². The number of hydrogen-bond acceptors (Lipinski definition) is 4. The summed E-state index contributed by atoms with van der Waals surface area (Å²) in [5.41, 5.74) is 6.58. The van der Waals surface area contributed by atoms with Gasteiger partial charge in [0.1, 0.15) is 0 Å². The fraction of sp³-hybridized carbons (Fsp3) is 0.417. The van der Waals surface area contributed by atoms with Gasteiger partial charge in [-0.05, 0) is 18.6 Å². The van der Waals surface area contributed by atoms with E-state index in [2.05, 4.69) is 0 Å². The van der Waals surface area contributed by atoms with E-state index < -0.39 is 9.84 Å². The number of para-hydroxylation sites is 1. The maximum absolute atomic E-state index is 12.2. The molecule has 5 nitrogen and oxygen atoms in total.